The fourth-order valence-electron chi connectivity index (χ4n) is 2.12. The van der Waals surface area contributed by atoms with E-state index in [9.17, 15) is 9.59 Å². The lowest BCUT2D eigenvalue weighted by Crippen LogP contribution is -2.12. The average molecular weight is 379 g/mol. The topological polar surface area (TPSA) is 102 Å². The van der Waals surface area contributed by atoms with E-state index in [-0.39, 0.29) is 11.5 Å². The number of anilines is 1. The fraction of sp³-hybridized carbons (Fsp3) is 0.400. The summed E-state index contributed by atoms with van der Waals surface area (Å²) in [5, 5.41) is 11.2. The molecule has 0 atom stereocenters. The highest BCUT2D eigenvalue weighted by Crippen LogP contribution is 2.27. The maximum atomic E-state index is 12.0. The number of carbonyl (C=O) groups excluding carboxylic acids is 1. The zero-order valence-electron chi connectivity index (χ0n) is 13.8. The van der Waals surface area contributed by atoms with Crippen LogP contribution in [0.2, 0.25) is 0 Å². The Balaban J connectivity index is 1.62. The predicted octanol–water partition coefficient (Wildman–Crippen LogP) is 2.87. The van der Waals surface area contributed by atoms with Crippen molar-refractivity contribution in [2.45, 2.75) is 43.2 Å². The molecule has 3 rings (SSSR count). The molecule has 0 saturated heterocycles. The van der Waals surface area contributed by atoms with Gasteiger partial charge in [0.2, 0.25) is 11.0 Å². The molecule has 3 aromatic rings. The molecule has 25 heavy (non-hydrogen) atoms. The summed E-state index contributed by atoms with van der Waals surface area (Å²) in [6.45, 7) is 3.80. The van der Waals surface area contributed by atoms with Crippen molar-refractivity contribution in [2.75, 3.05) is 5.32 Å². The minimum atomic E-state index is -0.255. The van der Waals surface area contributed by atoms with Crippen LogP contribution < -0.4 is 10.9 Å². The van der Waals surface area contributed by atoms with Crippen molar-refractivity contribution in [3.05, 3.63) is 33.9 Å². The smallest absolute Gasteiger partial charge is 0.287 e. The second kappa shape index (κ2) is 7.79. The molecule has 1 amide bonds. The summed E-state index contributed by atoms with van der Waals surface area (Å²) < 4.78 is 7.13. The molecule has 0 saturated carbocycles. The molecule has 0 aliphatic heterocycles. The van der Waals surface area contributed by atoms with Crippen LogP contribution in [0.5, 0.6) is 0 Å². The molecule has 0 radical (unpaired) electrons. The van der Waals surface area contributed by atoms with E-state index in [4.69, 9.17) is 4.52 Å². The van der Waals surface area contributed by atoms with Crippen LogP contribution in [-0.4, -0.2) is 25.7 Å². The number of unbranched alkanes of at least 4 members (excludes halogenated alkanes) is 1. The summed E-state index contributed by atoms with van der Waals surface area (Å²) in [5.74, 6) is 1.06. The molecule has 3 aromatic heterocycles. The van der Waals surface area contributed by atoms with Gasteiger partial charge in [-0.2, -0.15) is 0 Å². The normalized spacial score (nSPS) is 11.1. The zero-order valence-corrected chi connectivity index (χ0v) is 15.4. The van der Waals surface area contributed by atoms with Crippen LogP contribution in [0.1, 0.15) is 37.6 Å². The SMILES string of the molecule is CCCCC(=O)Nc1nnc(SCc2cc(=O)n3oc(C)cc3n2)s1. The molecule has 0 aliphatic carbocycles. The highest BCUT2D eigenvalue weighted by molar-refractivity contribution is 8.00. The Morgan fingerprint density at radius 1 is 1.40 bits per heavy atom. The number of carbonyl (C=O) groups is 1. The van der Waals surface area contributed by atoms with Crippen molar-refractivity contribution in [1.82, 2.24) is 19.8 Å². The Morgan fingerprint density at radius 2 is 2.24 bits per heavy atom. The van der Waals surface area contributed by atoms with Crippen LogP contribution in [-0.2, 0) is 10.5 Å². The van der Waals surface area contributed by atoms with Crippen LogP contribution in [0.3, 0.4) is 0 Å². The van der Waals surface area contributed by atoms with Crippen molar-refractivity contribution in [2.24, 2.45) is 0 Å². The number of fused-ring (bicyclic) bond motifs is 1. The number of aryl methyl sites for hydroxylation is 1. The number of hydrogen-bond acceptors (Lipinski definition) is 8. The monoisotopic (exact) mass is 379 g/mol. The maximum Gasteiger partial charge on any atom is 0.287 e. The molecule has 8 nitrogen and oxygen atoms in total. The van der Waals surface area contributed by atoms with Crippen molar-refractivity contribution in [3.63, 3.8) is 0 Å². The van der Waals surface area contributed by atoms with Gasteiger partial charge in [0, 0.05) is 24.3 Å². The van der Waals surface area contributed by atoms with Gasteiger partial charge < -0.3 is 9.84 Å². The van der Waals surface area contributed by atoms with Gasteiger partial charge in [0.15, 0.2) is 9.99 Å². The number of thioether (sulfide) groups is 1. The number of nitrogens with zero attached hydrogens (tertiary/aromatic N) is 4. The summed E-state index contributed by atoms with van der Waals surface area (Å²) in [6, 6.07) is 3.15. The Hall–Kier alpha value is -2.20. The minimum absolute atomic E-state index is 0.0509. The number of aromatic nitrogens is 4. The van der Waals surface area contributed by atoms with Gasteiger partial charge in [-0.25, -0.2) is 4.98 Å². The van der Waals surface area contributed by atoms with Gasteiger partial charge in [0.05, 0.1) is 5.69 Å². The first-order valence-corrected chi connectivity index (χ1v) is 9.61. The second-order valence-electron chi connectivity index (χ2n) is 5.40. The van der Waals surface area contributed by atoms with Gasteiger partial charge in [-0.15, -0.1) is 14.8 Å². The van der Waals surface area contributed by atoms with E-state index in [0.29, 0.717) is 38.7 Å². The third-order valence-corrected chi connectivity index (χ3v) is 5.28. The van der Waals surface area contributed by atoms with E-state index >= 15 is 0 Å². The molecule has 0 aliphatic rings. The van der Waals surface area contributed by atoms with Crippen LogP contribution in [0.15, 0.2) is 25.8 Å². The maximum absolute atomic E-state index is 12.0. The largest absolute Gasteiger partial charge is 0.375 e. The molecule has 1 N–H and O–H groups in total. The van der Waals surface area contributed by atoms with Crippen LogP contribution >= 0.6 is 23.1 Å². The highest BCUT2D eigenvalue weighted by atomic mass is 32.2. The Bertz CT molecular complexity index is 946. The molecule has 0 bridgehead atoms. The van der Waals surface area contributed by atoms with Gasteiger partial charge in [-0.05, 0) is 13.3 Å². The molecule has 0 unspecified atom stereocenters. The van der Waals surface area contributed by atoms with Crippen molar-refractivity contribution >= 4 is 39.8 Å². The standard InChI is InChI=1S/C15H17N5O3S2/c1-3-4-5-12(21)17-14-18-19-15(25-14)24-8-10-7-13(22)20-11(16-10)6-9(2)23-20/h6-7H,3-5,8H2,1-2H3,(H,17,18,21). The zero-order chi connectivity index (χ0) is 17.8. The lowest BCUT2D eigenvalue weighted by atomic mass is 10.2. The molecule has 132 valence electrons. The first-order valence-electron chi connectivity index (χ1n) is 7.81. The van der Waals surface area contributed by atoms with Gasteiger partial charge in [-0.1, -0.05) is 36.4 Å². The first-order chi connectivity index (χ1) is 12.0. The highest BCUT2D eigenvalue weighted by Gasteiger charge is 2.11. The number of hydrogen-bond donors (Lipinski definition) is 1. The van der Waals surface area contributed by atoms with Gasteiger partial charge in [-0.3, -0.25) is 9.59 Å². The Kier molecular flexibility index (Phi) is 5.49. The van der Waals surface area contributed by atoms with Crippen molar-refractivity contribution in [3.8, 4) is 0 Å². The summed E-state index contributed by atoms with van der Waals surface area (Å²) in [7, 11) is 0. The Labute approximate surface area is 151 Å². The summed E-state index contributed by atoms with van der Waals surface area (Å²) >= 11 is 2.72. The fourth-order valence-corrected chi connectivity index (χ4v) is 3.78. The van der Waals surface area contributed by atoms with Crippen LogP contribution in [0.25, 0.3) is 5.65 Å². The van der Waals surface area contributed by atoms with Gasteiger partial charge in [0.1, 0.15) is 5.76 Å². The molecule has 0 spiro atoms. The van der Waals surface area contributed by atoms with E-state index in [1.807, 2.05) is 6.92 Å². The second-order valence-corrected chi connectivity index (χ2v) is 7.60. The lowest BCUT2D eigenvalue weighted by Gasteiger charge is -1.99. The number of rotatable bonds is 7. The molecular weight excluding hydrogens is 362 g/mol. The number of amides is 1. The molecular formula is C15H17N5O3S2. The van der Waals surface area contributed by atoms with Crippen molar-refractivity contribution in [1.29, 1.82) is 0 Å². The van der Waals surface area contributed by atoms with E-state index < -0.39 is 0 Å². The first kappa shape index (κ1) is 17.6. The van der Waals surface area contributed by atoms with E-state index in [2.05, 4.69) is 20.5 Å². The van der Waals surface area contributed by atoms with Crippen LogP contribution in [0, 0.1) is 6.92 Å². The summed E-state index contributed by atoms with van der Waals surface area (Å²) in [6.07, 6.45) is 2.30. The third kappa shape index (κ3) is 4.45. The summed E-state index contributed by atoms with van der Waals surface area (Å²) in [4.78, 5) is 28.1. The quantitative estimate of drug-likeness (QED) is 0.497. The Morgan fingerprint density at radius 3 is 3.04 bits per heavy atom. The van der Waals surface area contributed by atoms with Gasteiger partial charge in [0.25, 0.3) is 5.56 Å². The number of nitrogens with one attached hydrogen (secondary N) is 1. The molecule has 10 heteroatoms. The van der Waals surface area contributed by atoms with Gasteiger partial charge >= 0.3 is 0 Å². The molecule has 0 aromatic carbocycles. The van der Waals surface area contributed by atoms with Crippen LogP contribution in [0.4, 0.5) is 5.13 Å². The van der Waals surface area contributed by atoms with E-state index in [0.717, 1.165) is 12.8 Å². The average Bonchev–Trinajstić information content (AvgIpc) is 3.17. The van der Waals surface area contributed by atoms with E-state index in [1.54, 1.807) is 13.0 Å². The van der Waals surface area contributed by atoms with Crippen molar-refractivity contribution < 1.29 is 9.32 Å². The third-order valence-electron chi connectivity index (χ3n) is 3.28. The molecule has 0 fully saturated rings. The van der Waals surface area contributed by atoms with E-state index in [1.165, 1.54) is 33.7 Å². The minimum Gasteiger partial charge on any atom is -0.375 e. The summed E-state index contributed by atoms with van der Waals surface area (Å²) in [5.41, 5.74) is 0.871. The molecule has 3 heterocycles. The predicted molar refractivity (Wildman–Crippen MR) is 96.1 cm³/mol. The lowest BCUT2D eigenvalue weighted by molar-refractivity contribution is -0.116.